The molecule has 2 aromatic rings. The summed E-state index contributed by atoms with van der Waals surface area (Å²) in [6.07, 6.45) is 0.438. The van der Waals surface area contributed by atoms with Gasteiger partial charge in [0.25, 0.3) is 5.91 Å². The van der Waals surface area contributed by atoms with Gasteiger partial charge in [-0.3, -0.25) is 4.79 Å². The zero-order chi connectivity index (χ0) is 15.1. The molecular formula is C15H15N3O2S. The van der Waals surface area contributed by atoms with E-state index in [2.05, 4.69) is 21.4 Å². The fourth-order valence-corrected chi connectivity index (χ4v) is 2.20. The summed E-state index contributed by atoms with van der Waals surface area (Å²) in [4.78, 5) is 13.7. The first kappa shape index (κ1) is 15.2. The SMILES string of the molecule is CN(Cc1ccccc1C#CCCO)C(=O)c1csnn1. The van der Waals surface area contributed by atoms with Gasteiger partial charge in [0.1, 0.15) is 0 Å². The van der Waals surface area contributed by atoms with Crippen LogP contribution in [0.2, 0.25) is 0 Å². The van der Waals surface area contributed by atoms with Gasteiger partial charge in [-0.1, -0.05) is 34.5 Å². The van der Waals surface area contributed by atoms with Gasteiger partial charge in [0.2, 0.25) is 0 Å². The predicted molar refractivity (Wildman–Crippen MR) is 80.7 cm³/mol. The number of hydrogen-bond donors (Lipinski definition) is 1. The van der Waals surface area contributed by atoms with Crippen LogP contribution in [-0.4, -0.2) is 39.2 Å². The van der Waals surface area contributed by atoms with Crippen molar-refractivity contribution in [3.63, 3.8) is 0 Å². The highest BCUT2D eigenvalue weighted by atomic mass is 32.1. The van der Waals surface area contributed by atoms with Gasteiger partial charge >= 0.3 is 0 Å². The Balaban J connectivity index is 2.12. The van der Waals surface area contributed by atoms with Crippen molar-refractivity contribution in [1.82, 2.24) is 14.5 Å². The van der Waals surface area contributed by atoms with E-state index in [1.165, 1.54) is 0 Å². The van der Waals surface area contributed by atoms with Crippen LogP contribution < -0.4 is 0 Å². The highest BCUT2D eigenvalue weighted by Gasteiger charge is 2.15. The molecule has 0 spiro atoms. The molecule has 1 aromatic heterocycles. The van der Waals surface area contributed by atoms with Crippen LogP contribution >= 0.6 is 11.5 Å². The van der Waals surface area contributed by atoms with E-state index in [1.54, 1.807) is 17.3 Å². The molecule has 0 radical (unpaired) electrons. The summed E-state index contributed by atoms with van der Waals surface area (Å²) in [5, 5.41) is 14.2. The molecule has 0 aliphatic rings. The minimum atomic E-state index is -0.165. The summed E-state index contributed by atoms with van der Waals surface area (Å²) in [6, 6.07) is 7.66. The third kappa shape index (κ3) is 4.12. The van der Waals surface area contributed by atoms with E-state index >= 15 is 0 Å². The van der Waals surface area contributed by atoms with E-state index in [1.807, 2.05) is 24.3 Å². The lowest BCUT2D eigenvalue weighted by Gasteiger charge is -2.16. The summed E-state index contributed by atoms with van der Waals surface area (Å²) in [5.74, 6) is 5.75. The molecule has 0 saturated heterocycles. The van der Waals surface area contributed by atoms with Gasteiger partial charge in [-0.2, -0.15) is 0 Å². The first-order valence-electron chi connectivity index (χ1n) is 6.42. The fourth-order valence-electron chi connectivity index (χ4n) is 1.77. The first-order chi connectivity index (χ1) is 10.2. The van der Waals surface area contributed by atoms with Crippen molar-refractivity contribution in [2.45, 2.75) is 13.0 Å². The Bertz CT molecular complexity index is 659. The molecule has 0 aliphatic carbocycles. The molecule has 1 aromatic carbocycles. The molecule has 21 heavy (non-hydrogen) atoms. The fraction of sp³-hybridized carbons (Fsp3) is 0.267. The quantitative estimate of drug-likeness (QED) is 0.870. The zero-order valence-corrected chi connectivity index (χ0v) is 12.4. The maximum Gasteiger partial charge on any atom is 0.275 e. The average molecular weight is 301 g/mol. The molecule has 0 atom stereocenters. The maximum atomic E-state index is 12.1. The van der Waals surface area contributed by atoms with Crippen LogP contribution in [-0.2, 0) is 6.54 Å². The number of hydrogen-bond acceptors (Lipinski definition) is 5. The van der Waals surface area contributed by atoms with E-state index in [4.69, 9.17) is 5.11 Å². The van der Waals surface area contributed by atoms with Crippen molar-refractivity contribution in [1.29, 1.82) is 0 Å². The molecule has 2 rings (SSSR count). The second-order valence-corrected chi connectivity index (χ2v) is 4.99. The zero-order valence-electron chi connectivity index (χ0n) is 11.6. The Hall–Kier alpha value is -2.23. The van der Waals surface area contributed by atoms with Crippen LogP contribution in [0.15, 0.2) is 29.6 Å². The van der Waals surface area contributed by atoms with Gasteiger partial charge in [-0.05, 0) is 23.2 Å². The van der Waals surface area contributed by atoms with E-state index in [0.717, 1.165) is 22.7 Å². The summed E-state index contributed by atoms with van der Waals surface area (Å²) < 4.78 is 3.70. The molecule has 0 saturated carbocycles. The molecule has 5 nitrogen and oxygen atoms in total. The Morgan fingerprint density at radius 3 is 2.95 bits per heavy atom. The Morgan fingerprint density at radius 2 is 2.24 bits per heavy atom. The van der Waals surface area contributed by atoms with Crippen molar-refractivity contribution in [2.75, 3.05) is 13.7 Å². The summed E-state index contributed by atoms with van der Waals surface area (Å²) in [5.41, 5.74) is 2.18. The maximum absolute atomic E-state index is 12.1. The molecule has 6 heteroatoms. The average Bonchev–Trinajstić information content (AvgIpc) is 3.02. The second kappa shape index (κ2) is 7.53. The number of carbonyl (C=O) groups excluding carboxylic acids is 1. The summed E-state index contributed by atoms with van der Waals surface area (Å²) >= 11 is 1.15. The van der Waals surface area contributed by atoms with Crippen LogP contribution in [0.3, 0.4) is 0 Å². The smallest absolute Gasteiger partial charge is 0.275 e. The molecule has 108 valence electrons. The monoisotopic (exact) mass is 301 g/mol. The molecule has 0 unspecified atom stereocenters. The number of benzene rings is 1. The van der Waals surface area contributed by atoms with Crippen molar-refractivity contribution in [2.24, 2.45) is 0 Å². The van der Waals surface area contributed by atoms with E-state index < -0.39 is 0 Å². The van der Waals surface area contributed by atoms with Crippen LogP contribution in [0.5, 0.6) is 0 Å². The van der Waals surface area contributed by atoms with Crippen molar-refractivity contribution in [3.8, 4) is 11.8 Å². The Morgan fingerprint density at radius 1 is 1.43 bits per heavy atom. The number of aliphatic hydroxyl groups is 1. The van der Waals surface area contributed by atoms with Crippen LogP contribution in [0, 0.1) is 11.8 Å². The number of rotatable bonds is 4. The lowest BCUT2D eigenvalue weighted by molar-refractivity contribution is 0.0779. The lowest BCUT2D eigenvalue weighted by Crippen LogP contribution is -2.26. The van der Waals surface area contributed by atoms with Gasteiger partial charge in [-0.15, -0.1) is 5.10 Å². The van der Waals surface area contributed by atoms with Gasteiger partial charge < -0.3 is 10.0 Å². The van der Waals surface area contributed by atoms with E-state index in [-0.39, 0.29) is 12.5 Å². The van der Waals surface area contributed by atoms with Gasteiger partial charge in [0.05, 0.1) is 6.61 Å². The number of nitrogens with zero attached hydrogens (tertiary/aromatic N) is 3. The number of aromatic nitrogens is 2. The van der Waals surface area contributed by atoms with E-state index in [0.29, 0.717) is 18.7 Å². The summed E-state index contributed by atoms with van der Waals surface area (Å²) in [7, 11) is 1.72. The number of amides is 1. The van der Waals surface area contributed by atoms with Crippen molar-refractivity contribution >= 4 is 17.4 Å². The Kier molecular flexibility index (Phi) is 5.43. The third-order valence-electron chi connectivity index (χ3n) is 2.81. The molecule has 0 aliphatic heterocycles. The van der Waals surface area contributed by atoms with Crippen molar-refractivity contribution < 1.29 is 9.90 Å². The minimum Gasteiger partial charge on any atom is -0.395 e. The molecular weight excluding hydrogens is 286 g/mol. The van der Waals surface area contributed by atoms with Crippen LogP contribution in [0.25, 0.3) is 0 Å². The highest BCUT2D eigenvalue weighted by molar-refractivity contribution is 7.03. The third-order valence-corrected chi connectivity index (χ3v) is 3.32. The summed E-state index contributed by atoms with van der Waals surface area (Å²) in [6.45, 7) is 0.491. The van der Waals surface area contributed by atoms with Crippen LogP contribution in [0.1, 0.15) is 28.0 Å². The predicted octanol–water partition coefficient (Wildman–Crippen LogP) is 1.54. The van der Waals surface area contributed by atoms with Gasteiger partial charge in [-0.25, -0.2) is 0 Å². The number of carbonyl (C=O) groups is 1. The highest BCUT2D eigenvalue weighted by Crippen LogP contribution is 2.12. The Labute approximate surface area is 127 Å². The lowest BCUT2D eigenvalue weighted by atomic mass is 10.1. The molecule has 0 fully saturated rings. The van der Waals surface area contributed by atoms with E-state index in [9.17, 15) is 4.79 Å². The standard InChI is InChI=1S/C15H15N3O2S/c1-18(15(20)14-11-21-17-16-14)10-13-8-3-2-6-12(13)7-4-5-9-19/h2-3,6,8,11,19H,5,9-10H2,1H3. The minimum absolute atomic E-state index is 0.0460. The largest absolute Gasteiger partial charge is 0.395 e. The molecule has 0 bridgehead atoms. The molecule has 1 heterocycles. The molecule has 1 N–H and O–H groups in total. The number of aliphatic hydroxyl groups excluding tert-OH is 1. The normalized spacial score (nSPS) is 9.81. The second-order valence-electron chi connectivity index (χ2n) is 4.38. The first-order valence-corrected chi connectivity index (χ1v) is 7.26. The molecule has 1 amide bonds. The van der Waals surface area contributed by atoms with Gasteiger partial charge in [0.15, 0.2) is 5.69 Å². The topological polar surface area (TPSA) is 66.3 Å². The van der Waals surface area contributed by atoms with Crippen LogP contribution in [0.4, 0.5) is 0 Å². The van der Waals surface area contributed by atoms with Gasteiger partial charge in [0, 0.05) is 31.0 Å². The van der Waals surface area contributed by atoms with Crippen molar-refractivity contribution in [3.05, 3.63) is 46.5 Å².